The fourth-order valence-electron chi connectivity index (χ4n) is 2.19. The maximum atomic E-state index is 12.1. The molecule has 2 aromatic rings. The number of ether oxygens (including phenoxy) is 1. The number of hydrogen-bond acceptors (Lipinski definition) is 5. The summed E-state index contributed by atoms with van der Waals surface area (Å²) in [5.74, 6) is -0.550. The molecule has 150 valence electrons. The summed E-state index contributed by atoms with van der Waals surface area (Å²) in [6, 6.07) is 12.8. The first-order chi connectivity index (χ1) is 13.2. The third-order valence-corrected chi connectivity index (χ3v) is 5.74. The fraction of sp³-hybridized carbons (Fsp3) is 0.263. The van der Waals surface area contributed by atoms with Crippen molar-refractivity contribution in [1.29, 1.82) is 0 Å². The summed E-state index contributed by atoms with van der Waals surface area (Å²) < 4.78 is 30.4. The Bertz CT molecular complexity index is 923. The summed E-state index contributed by atoms with van der Waals surface area (Å²) in [5.41, 5.74) is 5.87. The van der Waals surface area contributed by atoms with Crippen LogP contribution in [0, 0.1) is 0 Å². The predicted molar refractivity (Wildman–Crippen MR) is 104 cm³/mol. The van der Waals surface area contributed by atoms with Crippen molar-refractivity contribution in [3.63, 3.8) is 0 Å². The Labute approximate surface area is 164 Å². The normalized spacial score (nSPS) is 11.1. The van der Waals surface area contributed by atoms with Crippen LogP contribution in [0.5, 0.6) is 5.75 Å². The van der Waals surface area contributed by atoms with Crippen molar-refractivity contribution in [1.82, 2.24) is 15.2 Å². The average molecular weight is 405 g/mol. The quantitative estimate of drug-likeness (QED) is 0.677. The Morgan fingerprint density at radius 3 is 2.11 bits per heavy atom. The van der Waals surface area contributed by atoms with Gasteiger partial charge in [-0.15, -0.1) is 0 Å². The molecule has 8 nitrogen and oxygen atoms in total. The molecule has 2 rings (SSSR count). The van der Waals surface area contributed by atoms with Crippen LogP contribution in [0.15, 0.2) is 53.4 Å². The van der Waals surface area contributed by atoms with Crippen LogP contribution in [0.1, 0.15) is 22.8 Å². The van der Waals surface area contributed by atoms with Gasteiger partial charge in [-0.2, -0.15) is 0 Å². The number of rotatable bonds is 7. The number of hydrogen-bond donors (Lipinski definition) is 2. The zero-order valence-electron chi connectivity index (χ0n) is 15.9. The van der Waals surface area contributed by atoms with Crippen LogP contribution < -0.4 is 15.6 Å². The molecule has 9 heteroatoms. The Hall–Kier alpha value is -2.91. The van der Waals surface area contributed by atoms with E-state index in [9.17, 15) is 18.0 Å². The minimum absolute atomic E-state index is 0.0700. The molecule has 0 saturated heterocycles. The number of carbonyl (C=O) groups excluding carboxylic acids is 2. The third kappa shape index (κ3) is 5.54. The lowest BCUT2D eigenvalue weighted by Crippen LogP contribution is -2.43. The smallest absolute Gasteiger partial charge is 0.276 e. The number of nitrogens with one attached hydrogen (secondary N) is 2. The van der Waals surface area contributed by atoms with Crippen LogP contribution in [0.3, 0.4) is 0 Å². The fourth-order valence-corrected chi connectivity index (χ4v) is 3.10. The molecule has 0 aliphatic rings. The van der Waals surface area contributed by atoms with Gasteiger partial charge in [0.2, 0.25) is 10.0 Å². The van der Waals surface area contributed by atoms with Gasteiger partial charge < -0.3 is 4.74 Å². The van der Waals surface area contributed by atoms with E-state index in [2.05, 4.69) is 10.9 Å². The van der Waals surface area contributed by atoms with Gasteiger partial charge in [-0.05, 0) is 48.4 Å². The van der Waals surface area contributed by atoms with Crippen LogP contribution in [0.4, 0.5) is 0 Å². The van der Waals surface area contributed by atoms with Crippen LogP contribution in [0.2, 0.25) is 0 Å². The molecule has 2 amide bonds. The summed E-state index contributed by atoms with van der Waals surface area (Å²) in [6.07, 6.45) is 0.912. The number of hydrazine groups is 1. The summed E-state index contributed by atoms with van der Waals surface area (Å²) >= 11 is 0. The first kappa shape index (κ1) is 21.4. The van der Waals surface area contributed by atoms with Crippen molar-refractivity contribution in [2.24, 2.45) is 0 Å². The summed E-state index contributed by atoms with van der Waals surface area (Å²) in [7, 11) is -0.723. The predicted octanol–water partition coefficient (Wildman–Crippen LogP) is 1.34. The standard InChI is InChI=1S/C19H23N3O5S/c1-4-14-5-9-16(10-6-14)27-13-18(23)20-21-19(24)15-7-11-17(12-8-15)28(25,26)22(2)3/h5-12H,4,13H2,1-3H3,(H,20,23)(H,21,24). The van der Waals surface area contributed by atoms with E-state index in [0.717, 1.165) is 16.3 Å². The molecule has 0 atom stereocenters. The summed E-state index contributed by atoms with van der Waals surface area (Å²) in [5, 5.41) is 0. The van der Waals surface area contributed by atoms with E-state index in [-0.39, 0.29) is 17.1 Å². The van der Waals surface area contributed by atoms with E-state index in [1.807, 2.05) is 19.1 Å². The third-order valence-electron chi connectivity index (χ3n) is 3.91. The Morgan fingerprint density at radius 2 is 1.57 bits per heavy atom. The van der Waals surface area contributed by atoms with Gasteiger partial charge in [0.15, 0.2) is 6.61 Å². The molecule has 0 radical (unpaired) electrons. The largest absolute Gasteiger partial charge is 0.484 e. The lowest BCUT2D eigenvalue weighted by Gasteiger charge is -2.12. The second-order valence-corrected chi connectivity index (χ2v) is 8.25. The highest BCUT2D eigenvalue weighted by Gasteiger charge is 2.17. The molecule has 2 aromatic carbocycles. The minimum Gasteiger partial charge on any atom is -0.484 e. The van der Waals surface area contributed by atoms with E-state index in [1.165, 1.54) is 38.4 Å². The van der Waals surface area contributed by atoms with Crippen molar-refractivity contribution in [2.75, 3.05) is 20.7 Å². The molecule has 0 unspecified atom stereocenters. The molecule has 0 fully saturated rings. The molecule has 0 bridgehead atoms. The van der Waals surface area contributed by atoms with Crippen molar-refractivity contribution in [3.05, 3.63) is 59.7 Å². The zero-order chi connectivity index (χ0) is 20.7. The van der Waals surface area contributed by atoms with Gasteiger partial charge in [0.1, 0.15) is 5.75 Å². The molecular weight excluding hydrogens is 382 g/mol. The monoisotopic (exact) mass is 405 g/mol. The highest BCUT2D eigenvalue weighted by atomic mass is 32.2. The first-order valence-corrected chi connectivity index (χ1v) is 10.0. The van der Waals surface area contributed by atoms with E-state index < -0.39 is 21.8 Å². The van der Waals surface area contributed by atoms with Gasteiger partial charge in [-0.1, -0.05) is 19.1 Å². The molecule has 0 heterocycles. The minimum atomic E-state index is -3.57. The van der Waals surface area contributed by atoms with Gasteiger partial charge in [-0.25, -0.2) is 12.7 Å². The van der Waals surface area contributed by atoms with Crippen LogP contribution >= 0.6 is 0 Å². The molecule has 2 N–H and O–H groups in total. The number of amides is 2. The molecular formula is C19H23N3O5S. The highest BCUT2D eigenvalue weighted by molar-refractivity contribution is 7.89. The number of sulfonamides is 1. The van der Waals surface area contributed by atoms with Crippen molar-refractivity contribution in [2.45, 2.75) is 18.2 Å². The summed E-state index contributed by atoms with van der Waals surface area (Å²) in [6.45, 7) is 1.78. The lowest BCUT2D eigenvalue weighted by atomic mass is 10.2. The molecule has 0 aromatic heterocycles. The van der Waals surface area contributed by atoms with Gasteiger partial charge >= 0.3 is 0 Å². The number of carbonyl (C=O) groups is 2. The van der Waals surface area contributed by atoms with Crippen molar-refractivity contribution >= 4 is 21.8 Å². The van der Waals surface area contributed by atoms with E-state index in [0.29, 0.717) is 5.75 Å². The zero-order valence-corrected chi connectivity index (χ0v) is 16.7. The molecule has 0 aliphatic heterocycles. The topological polar surface area (TPSA) is 105 Å². The maximum absolute atomic E-state index is 12.1. The molecule has 28 heavy (non-hydrogen) atoms. The van der Waals surface area contributed by atoms with E-state index in [4.69, 9.17) is 4.74 Å². The van der Waals surface area contributed by atoms with E-state index >= 15 is 0 Å². The van der Waals surface area contributed by atoms with Crippen LogP contribution in [0.25, 0.3) is 0 Å². The second-order valence-electron chi connectivity index (χ2n) is 6.10. The van der Waals surface area contributed by atoms with Crippen LogP contribution in [-0.4, -0.2) is 45.2 Å². The SMILES string of the molecule is CCc1ccc(OCC(=O)NNC(=O)c2ccc(S(=O)(=O)N(C)C)cc2)cc1. The van der Waals surface area contributed by atoms with Gasteiger partial charge in [-0.3, -0.25) is 20.4 Å². The number of aryl methyl sites for hydroxylation is 1. The first-order valence-electron chi connectivity index (χ1n) is 8.57. The molecule has 0 aliphatic carbocycles. The van der Waals surface area contributed by atoms with E-state index in [1.54, 1.807) is 12.1 Å². The molecule has 0 spiro atoms. The Balaban J connectivity index is 1.84. The van der Waals surface area contributed by atoms with Gasteiger partial charge in [0, 0.05) is 19.7 Å². The highest BCUT2D eigenvalue weighted by Crippen LogP contribution is 2.14. The van der Waals surface area contributed by atoms with Gasteiger partial charge in [0.05, 0.1) is 4.90 Å². The Morgan fingerprint density at radius 1 is 0.964 bits per heavy atom. The van der Waals surface area contributed by atoms with Crippen molar-refractivity contribution in [3.8, 4) is 5.75 Å². The Kier molecular flexibility index (Phi) is 7.13. The molecule has 0 saturated carbocycles. The number of benzene rings is 2. The lowest BCUT2D eigenvalue weighted by molar-refractivity contribution is -0.123. The maximum Gasteiger partial charge on any atom is 0.276 e. The van der Waals surface area contributed by atoms with Crippen LogP contribution in [-0.2, 0) is 21.2 Å². The van der Waals surface area contributed by atoms with Crippen molar-refractivity contribution < 1.29 is 22.7 Å². The summed E-state index contributed by atoms with van der Waals surface area (Å²) in [4.78, 5) is 23.9. The van der Waals surface area contributed by atoms with Gasteiger partial charge in [0.25, 0.3) is 11.8 Å². The average Bonchev–Trinajstić information content (AvgIpc) is 2.70. The second kappa shape index (κ2) is 9.34. The number of nitrogens with zero attached hydrogens (tertiary/aromatic N) is 1.